The van der Waals surface area contributed by atoms with Gasteiger partial charge in [0.15, 0.2) is 0 Å². The summed E-state index contributed by atoms with van der Waals surface area (Å²) >= 11 is 0. The maximum Gasteiger partial charge on any atom is 0.334 e. The van der Waals surface area contributed by atoms with Crippen molar-refractivity contribution < 1.29 is 14.4 Å². The summed E-state index contributed by atoms with van der Waals surface area (Å²) in [5, 5.41) is 6.26. The van der Waals surface area contributed by atoms with Crippen LogP contribution in [0.1, 0.15) is 45.6 Å². The van der Waals surface area contributed by atoms with E-state index in [1.54, 1.807) is 22.0 Å². The van der Waals surface area contributed by atoms with E-state index < -0.39 is 12.2 Å². The van der Waals surface area contributed by atoms with E-state index in [1.165, 1.54) is 0 Å². The summed E-state index contributed by atoms with van der Waals surface area (Å²) in [6.45, 7) is 7.66. The number of nitrogens with zero attached hydrogens (tertiary/aromatic N) is 4. The number of likely N-dealkylation sites (N-methyl/N-ethyl adjacent to an activating group) is 1. The van der Waals surface area contributed by atoms with Gasteiger partial charge in [0.1, 0.15) is 12.2 Å². The first kappa shape index (κ1) is 23.1. The molecular formula is C23H35N5O3. The van der Waals surface area contributed by atoms with Crippen molar-refractivity contribution in [3.63, 3.8) is 0 Å². The SMILES string of the molecule is CCCCN1C[C@H]2N(C(=O)CN(C)N2C(=O)NCc2ccccc2)[C@@H](CC(C)C)C1=O. The molecule has 2 aliphatic heterocycles. The molecule has 0 radical (unpaired) electrons. The molecule has 1 aromatic rings. The number of nitrogens with one attached hydrogen (secondary N) is 1. The normalized spacial score (nSPS) is 22.2. The van der Waals surface area contributed by atoms with Crippen LogP contribution in [0.3, 0.4) is 0 Å². The zero-order chi connectivity index (χ0) is 22.5. The van der Waals surface area contributed by atoms with Crippen molar-refractivity contribution in [1.29, 1.82) is 0 Å². The zero-order valence-electron chi connectivity index (χ0n) is 19.1. The minimum Gasteiger partial charge on any atom is -0.337 e. The Kier molecular flexibility index (Phi) is 7.54. The van der Waals surface area contributed by atoms with Crippen LogP contribution in [0.5, 0.6) is 0 Å². The Morgan fingerprint density at radius 1 is 1.19 bits per heavy atom. The molecule has 3 rings (SSSR count). The molecule has 31 heavy (non-hydrogen) atoms. The molecule has 2 fully saturated rings. The first-order valence-electron chi connectivity index (χ1n) is 11.3. The van der Waals surface area contributed by atoms with Gasteiger partial charge >= 0.3 is 6.03 Å². The molecule has 4 amide bonds. The summed E-state index contributed by atoms with van der Waals surface area (Å²) < 4.78 is 0. The van der Waals surface area contributed by atoms with Crippen molar-refractivity contribution in [2.75, 3.05) is 26.7 Å². The van der Waals surface area contributed by atoms with E-state index in [9.17, 15) is 14.4 Å². The predicted octanol–water partition coefficient (Wildman–Crippen LogP) is 2.27. The lowest BCUT2D eigenvalue weighted by Crippen LogP contribution is -2.76. The fraction of sp³-hybridized carbons (Fsp3) is 0.609. The highest BCUT2D eigenvalue weighted by Crippen LogP contribution is 2.29. The minimum atomic E-state index is -0.527. The lowest BCUT2D eigenvalue weighted by atomic mass is 9.97. The highest BCUT2D eigenvalue weighted by atomic mass is 16.2. The van der Waals surface area contributed by atoms with E-state index in [0.717, 1.165) is 18.4 Å². The van der Waals surface area contributed by atoms with Gasteiger partial charge < -0.3 is 15.1 Å². The van der Waals surface area contributed by atoms with Crippen molar-refractivity contribution in [1.82, 2.24) is 25.1 Å². The Hall–Kier alpha value is -2.61. The minimum absolute atomic E-state index is 0.000877. The van der Waals surface area contributed by atoms with E-state index in [-0.39, 0.29) is 30.3 Å². The summed E-state index contributed by atoms with van der Waals surface area (Å²) in [4.78, 5) is 42.9. The van der Waals surface area contributed by atoms with Crippen molar-refractivity contribution in [2.45, 2.75) is 58.8 Å². The predicted molar refractivity (Wildman–Crippen MR) is 119 cm³/mol. The fourth-order valence-electron chi connectivity index (χ4n) is 4.39. The third kappa shape index (κ3) is 5.18. The highest BCUT2D eigenvalue weighted by Gasteiger charge is 2.50. The molecule has 1 N–H and O–H groups in total. The monoisotopic (exact) mass is 429 g/mol. The van der Waals surface area contributed by atoms with Gasteiger partial charge in [-0.2, -0.15) is 0 Å². The van der Waals surface area contributed by atoms with Crippen molar-refractivity contribution in [3.05, 3.63) is 35.9 Å². The second kappa shape index (κ2) is 10.1. The largest absolute Gasteiger partial charge is 0.337 e. The average molecular weight is 430 g/mol. The van der Waals surface area contributed by atoms with Crippen molar-refractivity contribution in [2.24, 2.45) is 5.92 Å². The Morgan fingerprint density at radius 2 is 1.90 bits per heavy atom. The number of hydrogen-bond donors (Lipinski definition) is 1. The number of carbonyl (C=O) groups is 3. The standard InChI is InChI=1S/C23H35N5O3/c1-5-6-12-26-15-20-27(19(22(26)30)13-17(2)3)21(29)16-25(4)28(20)23(31)24-14-18-10-8-7-9-11-18/h7-11,17,19-20H,5-6,12-16H2,1-4H3,(H,24,31)/t19-,20-/m0/s1. The van der Waals surface area contributed by atoms with Gasteiger partial charge in [0.25, 0.3) is 0 Å². The molecule has 0 unspecified atom stereocenters. The molecular weight excluding hydrogens is 394 g/mol. The number of urea groups is 1. The quantitative estimate of drug-likeness (QED) is 0.721. The number of fused-ring (bicyclic) bond motifs is 1. The van der Waals surface area contributed by atoms with Gasteiger partial charge in [0.2, 0.25) is 11.8 Å². The van der Waals surface area contributed by atoms with Crippen molar-refractivity contribution in [3.8, 4) is 0 Å². The van der Waals surface area contributed by atoms with Gasteiger partial charge in [-0.05, 0) is 24.3 Å². The van der Waals surface area contributed by atoms with Gasteiger partial charge in [-0.1, -0.05) is 57.5 Å². The van der Waals surface area contributed by atoms with Gasteiger partial charge in [0.05, 0.1) is 13.1 Å². The molecule has 1 aromatic carbocycles. The first-order chi connectivity index (χ1) is 14.8. The number of benzene rings is 1. The number of hydrazine groups is 1. The molecule has 0 aliphatic carbocycles. The Morgan fingerprint density at radius 3 is 2.55 bits per heavy atom. The summed E-state index contributed by atoms with van der Waals surface area (Å²) in [5.41, 5.74) is 1.00. The van der Waals surface area contributed by atoms with E-state index in [1.807, 2.05) is 35.2 Å². The van der Waals surface area contributed by atoms with Crippen LogP contribution in [0.2, 0.25) is 0 Å². The second-order valence-electron chi connectivity index (χ2n) is 8.87. The maximum atomic E-state index is 13.2. The van der Waals surface area contributed by atoms with Crippen LogP contribution in [0.4, 0.5) is 4.79 Å². The Balaban J connectivity index is 1.84. The van der Waals surface area contributed by atoms with Crippen LogP contribution >= 0.6 is 0 Å². The van der Waals surface area contributed by atoms with Gasteiger partial charge in [-0.3, -0.25) is 9.59 Å². The zero-order valence-corrected chi connectivity index (χ0v) is 19.1. The average Bonchev–Trinajstić information content (AvgIpc) is 2.73. The third-order valence-electron chi connectivity index (χ3n) is 5.91. The van der Waals surface area contributed by atoms with Crippen LogP contribution < -0.4 is 5.32 Å². The number of carbonyl (C=O) groups excluding carboxylic acids is 3. The molecule has 0 saturated carbocycles. The lowest BCUT2D eigenvalue weighted by Gasteiger charge is -2.54. The second-order valence-corrected chi connectivity index (χ2v) is 8.87. The maximum absolute atomic E-state index is 13.2. The van der Waals surface area contributed by atoms with Crippen LogP contribution in [0, 0.1) is 5.92 Å². The van der Waals surface area contributed by atoms with Gasteiger partial charge in [0, 0.05) is 20.1 Å². The van der Waals surface area contributed by atoms with Gasteiger partial charge in [-0.15, -0.1) is 0 Å². The number of unbranched alkanes of at least 4 members (excludes halogenated alkanes) is 1. The van der Waals surface area contributed by atoms with E-state index in [4.69, 9.17) is 0 Å². The molecule has 2 saturated heterocycles. The van der Waals surface area contributed by atoms with E-state index in [2.05, 4.69) is 26.1 Å². The molecule has 170 valence electrons. The van der Waals surface area contributed by atoms with E-state index in [0.29, 0.717) is 26.1 Å². The summed E-state index contributed by atoms with van der Waals surface area (Å²) in [5.74, 6) is 0.156. The third-order valence-corrected chi connectivity index (χ3v) is 5.91. The van der Waals surface area contributed by atoms with Crippen LogP contribution in [-0.2, 0) is 16.1 Å². The number of hydrogen-bond acceptors (Lipinski definition) is 4. The molecule has 8 heteroatoms. The van der Waals surface area contributed by atoms with Crippen LogP contribution in [0.15, 0.2) is 30.3 Å². The molecule has 0 bridgehead atoms. The van der Waals surface area contributed by atoms with Gasteiger partial charge in [-0.25, -0.2) is 14.8 Å². The van der Waals surface area contributed by atoms with E-state index >= 15 is 0 Å². The number of piperazine rings is 1. The molecule has 0 spiro atoms. The lowest BCUT2D eigenvalue weighted by molar-refractivity contribution is -0.188. The molecule has 8 nitrogen and oxygen atoms in total. The first-order valence-corrected chi connectivity index (χ1v) is 11.3. The van der Waals surface area contributed by atoms with Crippen LogP contribution in [-0.4, -0.2) is 76.6 Å². The smallest absolute Gasteiger partial charge is 0.334 e. The summed E-state index contributed by atoms with van der Waals surface area (Å²) in [6.07, 6.45) is 1.97. The van der Waals surface area contributed by atoms with Crippen molar-refractivity contribution >= 4 is 17.8 Å². The summed E-state index contributed by atoms with van der Waals surface area (Å²) in [6, 6.07) is 8.93. The Labute approximate surface area is 185 Å². The number of amides is 4. The topological polar surface area (TPSA) is 76.2 Å². The van der Waals surface area contributed by atoms with Crippen LogP contribution in [0.25, 0.3) is 0 Å². The molecule has 0 aromatic heterocycles. The molecule has 2 heterocycles. The number of rotatable bonds is 7. The highest BCUT2D eigenvalue weighted by molar-refractivity contribution is 5.91. The molecule has 2 aliphatic rings. The molecule has 2 atom stereocenters. The Bertz CT molecular complexity index is 785. The fourth-order valence-corrected chi connectivity index (χ4v) is 4.39. The summed E-state index contributed by atoms with van der Waals surface area (Å²) in [7, 11) is 1.75.